The van der Waals surface area contributed by atoms with E-state index in [1.54, 1.807) is 31.7 Å². The predicted molar refractivity (Wildman–Crippen MR) is 160 cm³/mol. The Morgan fingerprint density at radius 3 is 2.55 bits per heavy atom. The summed E-state index contributed by atoms with van der Waals surface area (Å²) in [5, 5.41) is 0. The molecule has 2 N–H and O–H groups in total. The molecule has 2 aromatic rings. The van der Waals surface area contributed by atoms with Crippen molar-refractivity contribution in [2.45, 2.75) is 83.5 Å². The van der Waals surface area contributed by atoms with Crippen LogP contribution in [0.25, 0.3) is 5.57 Å². The number of hydrogen-bond donors (Lipinski definition) is 1. The number of hydrogen-bond acceptors (Lipinski definition) is 5. The van der Waals surface area contributed by atoms with Gasteiger partial charge in [-0.05, 0) is 87.1 Å². The maximum absolute atomic E-state index is 15.4. The molecule has 2 amide bonds. The fraction of sp³-hybridized carbons (Fsp3) is 0.500. The molecular weight excluding hydrogens is 533 g/mol. The second-order valence-corrected chi connectivity index (χ2v) is 13.1. The van der Waals surface area contributed by atoms with Gasteiger partial charge in [0, 0.05) is 38.0 Å². The van der Waals surface area contributed by atoms with Gasteiger partial charge in [-0.3, -0.25) is 19.4 Å². The zero-order chi connectivity index (χ0) is 30.0. The van der Waals surface area contributed by atoms with Gasteiger partial charge in [-0.2, -0.15) is 0 Å². The first kappa shape index (κ1) is 30.0. The zero-order valence-corrected chi connectivity index (χ0v) is 24.9. The van der Waals surface area contributed by atoms with Crippen molar-refractivity contribution in [1.29, 1.82) is 0 Å². The molecule has 1 saturated heterocycles. The predicted octanol–water partition coefficient (Wildman–Crippen LogP) is 5.51. The van der Waals surface area contributed by atoms with Crippen molar-refractivity contribution < 1.29 is 23.5 Å². The van der Waals surface area contributed by atoms with Crippen molar-refractivity contribution in [3.05, 3.63) is 77.1 Å². The summed E-state index contributed by atoms with van der Waals surface area (Å²) < 4.78 is 21.0. The SMILES string of the molecule is CC(C)(C)OC(=O)N1[C@@H]2CC[C@@H](C2)[C@H]1C(=O)C[C@@H](Cc1ccc(C2=CCCN(Cc3ccccc3)C2)cc1F)C(N)=O. The Balaban J connectivity index is 1.25. The Hall–Kier alpha value is -3.52. The number of ketones is 1. The topological polar surface area (TPSA) is 92.9 Å². The molecule has 2 fully saturated rings. The molecule has 1 aliphatic carbocycles. The van der Waals surface area contributed by atoms with Gasteiger partial charge in [-0.15, -0.1) is 0 Å². The molecule has 2 aromatic carbocycles. The summed E-state index contributed by atoms with van der Waals surface area (Å²) >= 11 is 0. The minimum atomic E-state index is -0.868. The van der Waals surface area contributed by atoms with Gasteiger partial charge < -0.3 is 10.5 Å². The molecule has 8 heteroatoms. The van der Waals surface area contributed by atoms with Crippen LogP contribution in [0.5, 0.6) is 0 Å². The molecule has 0 aromatic heterocycles. The number of rotatable bonds is 9. The first-order valence-corrected chi connectivity index (χ1v) is 15.1. The van der Waals surface area contributed by atoms with Gasteiger partial charge in [-0.25, -0.2) is 9.18 Å². The normalized spacial score (nSPS) is 23.0. The monoisotopic (exact) mass is 575 g/mol. The average Bonchev–Trinajstić information content (AvgIpc) is 3.56. The largest absolute Gasteiger partial charge is 0.444 e. The maximum Gasteiger partial charge on any atom is 0.411 e. The number of piperidine rings is 1. The number of fused-ring (bicyclic) bond motifs is 2. The van der Waals surface area contributed by atoms with Crippen LogP contribution in [0.4, 0.5) is 9.18 Å². The Morgan fingerprint density at radius 2 is 1.86 bits per heavy atom. The van der Waals surface area contributed by atoms with E-state index in [4.69, 9.17) is 10.5 Å². The van der Waals surface area contributed by atoms with Gasteiger partial charge >= 0.3 is 6.09 Å². The van der Waals surface area contributed by atoms with Crippen LogP contribution in [0.2, 0.25) is 0 Å². The van der Waals surface area contributed by atoms with Crippen LogP contribution >= 0.6 is 0 Å². The summed E-state index contributed by atoms with van der Waals surface area (Å²) in [4.78, 5) is 42.9. The third-order valence-electron chi connectivity index (χ3n) is 8.74. The fourth-order valence-electron chi connectivity index (χ4n) is 6.79. The number of primary amides is 1. The van der Waals surface area contributed by atoms with Crippen LogP contribution in [0.15, 0.2) is 54.6 Å². The van der Waals surface area contributed by atoms with Gasteiger partial charge in [0.05, 0.1) is 6.04 Å². The Bertz CT molecular complexity index is 1350. The van der Waals surface area contributed by atoms with Crippen molar-refractivity contribution >= 4 is 23.4 Å². The molecule has 2 bridgehead atoms. The van der Waals surface area contributed by atoms with Gasteiger partial charge in [-0.1, -0.05) is 48.5 Å². The number of amides is 2. The van der Waals surface area contributed by atoms with Crippen LogP contribution in [-0.4, -0.2) is 58.4 Å². The van der Waals surface area contributed by atoms with E-state index < -0.39 is 35.4 Å². The minimum absolute atomic E-state index is 0.0274. The number of carbonyl (C=O) groups is 3. The zero-order valence-electron chi connectivity index (χ0n) is 24.9. The number of halogens is 1. The van der Waals surface area contributed by atoms with Crippen molar-refractivity contribution in [3.8, 4) is 0 Å². The lowest BCUT2D eigenvalue weighted by Gasteiger charge is -2.36. The molecule has 0 radical (unpaired) electrons. The standard InChI is InChI=1S/C34H42FN3O4/c1-34(2,3)42-33(41)38-28-14-13-25(17-28)31(38)30(39)19-27(32(36)40)16-24-12-11-23(18-29(24)35)26-10-7-15-37(21-26)20-22-8-5-4-6-9-22/h4-6,8-12,18,25,27-28,31H,7,13-17,19-21H2,1-3H3,(H2,36,40)/t25-,27+,28+,31-/m0/s1. The van der Waals surface area contributed by atoms with Crippen molar-refractivity contribution in [3.63, 3.8) is 0 Å². The third-order valence-corrected chi connectivity index (χ3v) is 8.74. The van der Waals surface area contributed by atoms with E-state index in [1.807, 2.05) is 24.3 Å². The second kappa shape index (κ2) is 12.4. The van der Waals surface area contributed by atoms with E-state index in [9.17, 15) is 14.4 Å². The van der Waals surface area contributed by atoms with Gasteiger partial charge in [0.25, 0.3) is 0 Å². The Labute approximate surface area is 247 Å². The molecule has 1 saturated carbocycles. The fourth-order valence-corrected chi connectivity index (χ4v) is 6.79. The molecule has 5 rings (SSSR count). The smallest absolute Gasteiger partial charge is 0.411 e. The summed E-state index contributed by atoms with van der Waals surface area (Å²) in [5.74, 6) is -2.09. The highest BCUT2D eigenvalue weighted by atomic mass is 19.1. The third kappa shape index (κ3) is 6.92. The Kier molecular flexibility index (Phi) is 8.83. The molecule has 2 aliphatic heterocycles. The van der Waals surface area contributed by atoms with Crippen molar-refractivity contribution in [1.82, 2.24) is 9.80 Å². The lowest BCUT2D eigenvalue weighted by atomic mass is 9.86. The average molecular weight is 576 g/mol. The highest BCUT2D eigenvalue weighted by Crippen LogP contribution is 2.44. The van der Waals surface area contributed by atoms with Crippen LogP contribution in [-0.2, 0) is 27.3 Å². The lowest BCUT2D eigenvalue weighted by Crippen LogP contribution is -2.51. The van der Waals surface area contributed by atoms with Gasteiger partial charge in [0.15, 0.2) is 5.78 Å². The molecule has 2 heterocycles. The molecule has 7 nitrogen and oxygen atoms in total. The van der Waals surface area contributed by atoms with Crippen LogP contribution < -0.4 is 5.73 Å². The van der Waals surface area contributed by atoms with Crippen molar-refractivity contribution in [2.24, 2.45) is 17.6 Å². The van der Waals surface area contributed by atoms with Crippen molar-refractivity contribution in [2.75, 3.05) is 13.1 Å². The van der Waals surface area contributed by atoms with E-state index >= 15 is 4.39 Å². The van der Waals surface area contributed by atoms with E-state index in [0.29, 0.717) is 5.56 Å². The Morgan fingerprint density at radius 1 is 1.10 bits per heavy atom. The molecule has 3 aliphatic rings. The maximum atomic E-state index is 15.4. The highest BCUT2D eigenvalue weighted by Gasteiger charge is 2.52. The van der Waals surface area contributed by atoms with E-state index in [2.05, 4.69) is 23.1 Å². The lowest BCUT2D eigenvalue weighted by molar-refractivity contribution is -0.131. The number of carbonyl (C=O) groups excluding carboxylic acids is 3. The minimum Gasteiger partial charge on any atom is -0.444 e. The van der Waals surface area contributed by atoms with Crippen LogP contribution in [0, 0.1) is 17.7 Å². The summed E-state index contributed by atoms with van der Waals surface area (Å²) in [6, 6.07) is 14.7. The quantitative estimate of drug-likeness (QED) is 0.426. The summed E-state index contributed by atoms with van der Waals surface area (Å²) in [6.07, 6.45) is 4.90. The number of nitrogens with zero attached hydrogens (tertiary/aromatic N) is 2. The molecule has 4 atom stereocenters. The molecule has 0 spiro atoms. The van der Waals surface area contributed by atoms with Crippen LogP contribution in [0.3, 0.4) is 0 Å². The highest BCUT2D eigenvalue weighted by molar-refractivity contribution is 5.92. The van der Waals surface area contributed by atoms with Gasteiger partial charge in [0.2, 0.25) is 5.91 Å². The van der Waals surface area contributed by atoms with Crippen LogP contribution in [0.1, 0.15) is 69.6 Å². The number of Topliss-reactive ketones (excluding diaryl/α,β-unsaturated/α-hetero) is 1. The second-order valence-electron chi connectivity index (χ2n) is 13.1. The number of benzene rings is 2. The first-order chi connectivity index (χ1) is 20.0. The summed E-state index contributed by atoms with van der Waals surface area (Å²) in [5.41, 5.74) is 8.53. The first-order valence-electron chi connectivity index (χ1n) is 15.1. The number of nitrogens with two attached hydrogens (primary N) is 1. The number of likely N-dealkylation sites (tertiary alicyclic amines) is 1. The molecule has 0 unspecified atom stereocenters. The molecule has 224 valence electrons. The summed E-state index contributed by atoms with van der Waals surface area (Å²) in [6.45, 7) is 7.89. The number of ether oxygens (including phenoxy) is 1. The molecular formula is C34H42FN3O4. The van der Waals surface area contributed by atoms with Gasteiger partial charge in [0.1, 0.15) is 11.4 Å². The summed E-state index contributed by atoms with van der Waals surface area (Å²) in [7, 11) is 0. The van der Waals surface area contributed by atoms with E-state index in [0.717, 1.165) is 56.5 Å². The van der Waals surface area contributed by atoms with E-state index in [-0.39, 0.29) is 30.6 Å². The van der Waals surface area contributed by atoms with E-state index in [1.165, 1.54) is 11.6 Å². The molecule has 42 heavy (non-hydrogen) atoms.